The molecule has 1 aromatic rings. The van der Waals surface area contributed by atoms with Crippen LogP contribution in [-0.2, 0) is 16.9 Å². The van der Waals surface area contributed by atoms with Crippen molar-refractivity contribution in [2.24, 2.45) is 5.73 Å². The molecule has 0 saturated heterocycles. The zero-order valence-corrected chi connectivity index (χ0v) is 8.29. The molecule has 0 radical (unpaired) electrons. The van der Waals surface area contributed by atoms with E-state index in [0.29, 0.717) is 24.8 Å². The summed E-state index contributed by atoms with van der Waals surface area (Å²) in [5.41, 5.74) is 4.96. The number of aromatic amines is 1. The fourth-order valence-corrected chi connectivity index (χ4v) is 1.08. The monoisotopic (exact) mass is 184 g/mol. The molecular formula is C8H16N4O. The molecule has 5 heteroatoms. The Morgan fingerprint density at radius 2 is 2.23 bits per heavy atom. The topological polar surface area (TPSA) is 76.8 Å². The van der Waals surface area contributed by atoms with Crippen LogP contribution in [0.3, 0.4) is 0 Å². The Balaban J connectivity index is 2.80. The smallest absolute Gasteiger partial charge is 0.181 e. The summed E-state index contributed by atoms with van der Waals surface area (Å²) >= 11 is 0. The molecule has 0 aliphatic heterocycles. The number of H-pyrrole nitrogens is 1. The van der Waals surface area contributed by atoms with E-state index in [1.807, 2.05) is 20.8 Å². The molecule has 13 heavy (non-hydrogen) atoms. The van der Waals surface area contributed by atoms with Crippen LogP contribution in [0.2, 0.25) is 0 Å². The standard InChI is InChI=1S/C8H16N4O/c1-4-13-8(2,3)7-10-6(5-9)11-12-7/h4-5,9H2,1-3H3,(H,10,11,12). The molecular weight excluding hydrogens is 168 g/mol. The maximum atomic E-state index is 5.49. The third-order valence-electron chi connectivity index (χ3n) is 1.77. The van der Waals surface area contributed by atoms with Crippen molar-refractivity contribution < 1.29 is 4.74 Å². The van der Waals surface area contributed by atoms with Gasteiger partial charge in [-0.1, -0.05) is 0 Å². The fraction of sp³-hybridized carbons (Fsp3) is 0.750. The summed E-state index contributed by atoms with van der Waals surface area (Å²) < 4.78 is 5.49. The molecule has 0 spiro atoms. The van der Waals surface area contributed by atoms with Crippen molar-refractivity contribution in [3.05, 3.63) is 11.6 Å². The van der Waals surface area contributed by atoms with E-state index < -0.39 is 5.60 Å². The maximum Gasteiger partial charge on any atom is 0.181 e. The van der Waals surface area contributed by atoms with E-state index in [-0.39, 0.29) is 0 Å². The number of nitrogens with two attached hydrogens (primary N) is 1. The van der Waals surface area contributed by atoms with Gasteiger partial charge in [0, 0.05) is 6.61 Å². The minimum absolute atomic E-state index is 0.370. The molecule has 5 nitrogen and oxygen atoms in total. The second kappa shape index (κ2) is 3.85. The summed E-state index contributed by atoms with van der Waals surface area (Å²) in [7, 11) is 0. The highest BCUT2D eigenvalue weighted by molar-refractivity contribution is 4.99. The van der Waals surface area contributed by atoms with Gasteiger partial charge in [0.1, 0.15) is 11.4 Å². The molecule has 1 rings (SSSR count). The SMILES string of the molecule is CCOC(C)(C)c1n[nH]c(CN)n1. The number of ether oxygens (including phenoxy) is 1. The Bertz CT molecular complexity index is 269. The van der Waals surface area contributed by atoms with Crippen LogP contribution in [0.1, 0.15) is 32.4 Å². The van der Waals surface area contributed by atoms with Gasteiger partial charge >= 0.3 is 0 Å². The number of hydrogen-bond acceptors (Lipinski definition) is 4. The lowest BCUT2D eigenvalue weighted by Gasteiger charge is -2.20. The zero-order valence-electron chi connectivity index (χ0n) is 8.29. The summed E-state index contributed by atoms with van der Waals surface area (Å²) in [6, 6.07) is 0. The number of nitrogens with zero attached hydrogens (tertiary/aromatic N) is 2. The molecule has 0 aliphatic rings. The summed E-state index contributed by atoms with van der Waals surface area (Å²) in [5.74, 6) is 1.33. The van der Waals surface area contributed by atoms with Crippen molar-refractivity contribution in [1.29, 1.82) is 0 Å². The minimum Gasteiger partial charge on any atom is -0.368 e. The Hall–Kier alpha value is -0.940. The minimum atomic E-state index is -0.446. The van der Waals surface area contributed by atoms with Crippen LogP contribution in [0.15, 0.2) is 0 Å². The second-order valence-electron chi connectivity index (χ2n) is 3.25. The van der Waals surface area contributed by atoms with Crippen LogP contribution in [0.5, 0.6) is 0 Å². The summed E-state index contributed by atoms with van der Waals surface area (Å²) in [4.78, 5) is 4.20. The van der Waals surface area contributed by atoms with Crippen LogP contribution in [0.25, 0.3) is 0 Å². The summed E-state index contributed by atoms with van der Waals surface area (Å²) in [6.07, 6.45) is 0. The van der Waals surface area contributed by atoms with E-state index in [1.54, 1.807) is 0 Å². The molecule has 0 saturated carbocycles. The van der Waals surface area contributed by atoms with Crippen molar-refractivity contribution in [3.63, 3.8) is 0 Å². The van der Waals surface area contributed by atoms with Gasteiger partial charge in [-0.05, 0) is 20.8 Å². The first-order chi connectivity index (χ1) is 6.10. The maximum absolute atomic E-state index is 5.49. The Morgan fingerprint density at radius 1 is 1.54 bits per heavy atom. The first kappa shape index (κ1) is 10.1. The van der Waals surface area contributed by atoms with Gasteiger partial charge < -0.3 is 10.5 Å². The van der Waals surface area contributed by atoms with Gasteiger partial charge in [-0.3, -0.25) is 5.10 Å². The number of aromatic nitrogens is 3. The number of rotatable bonds is 4. The van der Waals surface area contributed by atoms with Crippen molar-refractivity contribution in [2.45, 2.75) is 32.9 Å². The first-order valence-corrected chi connectivity index (χ1v) is 4.36. The predicted octanol–water partition coefficient (Wildman–Crippen LogP) is 0.535. The van der Waals surface area contributed by atoms with Crippen molar-refractivity contribution >= 4 is 0 Å². The van der Waals surface area contributed by atoms with E-state index in [2.05, 4.69) is 15.2 Å². The van der Waals surface area contributed by atoms with E-state index in [0.717, 1.165) is 0 Å². The van der Waals surface area contributed by atoms with Gasteiger partial charge in [-0.15, -0.1) is 0 Å². The van der Waals surface area contributed by atoms with Crippen LogP contribution in [0.4, 0.5) is 0 Å². The quantitative estimate of drug-likeness (QED) is 0.715. The number of hydrogen-bond donors (Lipinski definition) is 2. The normalized spacial score (nSPS) is 12.0. The van der Waals surface area contributed by atoms with Gasteiger partial charge in [0.15, 0.2) is 5.82 Å². The third-order valence-corrected chi connectivity index (χ3v) is 1.77. The van der Waals surface area contributed by atoms with E-state index >= 15 is 0 Å². The van der Waals surface area contributed by atoms with Gasteiger partial charge in [-0.25, -0.2) is 4.98 Å². The molecule has 74 valence electrons. The lowest BCUT2D eigenvalue weighted by atomic mass is 10.1. The number of nitrogens with one attached hydrogen (secondary N) is 1. The zero-order chi connectivity index (χ0) is 9.90. The van der Waals surface area contributed by atoms with E-state index in [9.17, 15) is 0 Å². The first-order valence-electron chi connectivity index (χ1n) is 4.36. The Kier molecular flexibility index (Phi) is 3.00. The molecule has 0 atom stereocenters. The van der Waals surface area contributed by atoms with Crippen LogP contribution < -0.4 is 5.73 Å². The highest BCUT2D eigenvalue weighted by Crippen LogP contribution is 2.20. The molecule has 0 amide bonds. The molecule has 1 aromatic heterocycles. The average Bonchev–Trinajstić information content (AvgIpc) is 2.52. The average molecular weight is 184 g/mol. The molecule has 0 fully saturated rings. The van der Waals surface area contributed by atoms with Crippen LogP contribution >= 0.6 is 0 Å². The van der Waals surface area contributed by atoms with Gasteiger partial charge in [0.2, 0.25) is 0 Å². The Labute approximate surface area is 77.7 Å². The van der Waals surface area contributed by atoms with Crippen LogP contribution in [-0.4, -0.2) is 21.8 Å². The lowest BCUT2D eigenvalue weighted by molar-refractivity contribution is -0.0205. The predicted molar refractivity (Wildman–Crippen MR) is 48.9 cm³/mol. The Morgan fingerprint density at radius 3 is 2.69 bits per heavy atom. The summed E-state index contributed by atoms with van der Waals surface area (Å²) in [6.45, 7) is 6.81. The highest BCUT2D eigenvalue weighted by Gasteiger charge is 2.25. The third kappa shape index (κ3) is 2.26. The van der Waals surface area contributed by atoms with Crippen molar-refractivity contribution in [3.8, 4) is 0 Å². The van der Waals surface area contributed by atoms with E-state index in [4.69, 9.17) is 10.5 Å². The van der Waals surface area contributed by atoms with Crippen molar-refractivity contribution in [1.82, 2.24) is 15.2 Å². The van der Waals surface area contributed by atoms with E-state index in [1.165, 1.54) is 0 Å². The molecule has 0 unspecified atom stereocenters. The molecule has 0 aromatic carbocycles. The van der Waals surface area contributed by atoms with Gasteiger partial charge in [0.05, 0.1) is 6.54 Å². The second-order valence-corrected chi connectivity index (χ2v) is 3.25. The van der Waals surface area contributed by atoms with Gasteiger partial charge in [-0.2, -0.15) is 5.10 Å². The lowest BCUT2D eigenvalue weighted by Crippen LogP contribution is -2.23. The molecule has 1 heterocycles. The molecule has 0 aliphatic carbocycles. The molecule has 3 N–H and O–H groups in total. The largest absolute Gasteiger partial charge is 0.368 e. The summed E-state index contributed by atoms with van der Waals surface area (Å²) in [5, 5.41) is 6.79. The fourth-order valence-electron chi connectivity index (χ4n) is 1.08. The molecule has 0 bridgehead atoms. The van der Waals surface area contributed by atoms with Gasteiger partial charge in [0.25, 0.3) is 0 Å². The van der Waals surface area contributed by atoms with Crippen molar-refractivity contribution in [2.75, 3.05) is 6.61 Å². The highest BCUT2D eigenvalue weighted by atomic mass is 16.5. The van der Waals surface area contributed by atoms with Crippen LogP contribution in [0, 0.1) is 0 Å².